The molecule has 2 aromatic rings. The molecule has 19 heavy (non-hydrogen) atoms. The molecule has 0 amide bonds. The molecule has 0 saturated carbocycles. The molecule has 0 radical (unpaired) electrons. The van der Waals surface area contributed by atoms with Gasteiger partial charge < -0.3 is 0 Å². The van der Waals surface area contributed by atoms with Gasteiger partial charge in [-0.1, -0.05) is 0 Å². The highest BCUT2D eigenvalue weighted by molar-refractivity contribution is 14.1. The molecule has 0 atom stereocenters. The van der Waals surface area contributed by atoms with Crippen LogP contribution in [-0.2, 0) is 10.0 Å². The first-order chi connectivity index (χ1) is 9.03. The minimum absolute atomic E-state index is 0.125. The number of hydrogen-bond donors (Lipinski definition) is 1. The zero-order chi connectivity index (χ0) is 13.9. The highest BCUT2D eigenvalue weighted by Crippen LogP contribution is 2.18. The summed E-state index contributed by atoms with van der Waals surface area (Å²) < 4.78 is 27.7. The molecule has 2 rings (SSSR count). The van der Waals surface area contributed by atoms with Crippen molar-refractivity contribution in [3.8, 4) is 6.07 Å². The van der Waals surface area contributed by atoms with Crippen LogP contribution in [-0.4, -0.2) is 13.4 Å². The van der Waals surface area contributed by atoms with Crippen molar-refractivity contribution in [3.05, 3.63) is 51.9 Å². The van der Waals surface area contributed by atoms with Crippen molar-refractivity contribution in [2.75, 3.05) is 4.72 Å². The molecule has 0 unspecified atom stereocenters. The number of nitrogens with one attached hydrogen (secondary N) is 1. The largest absolute Gasteiger partial charge is 0.280 e. The fourth-order valence-electron chi connectivity index (χ4n) is 1.42. The fraction of sp³-hybridized carbons (Fsp3) is 0. The first-order valence-electron chi connectivity index (χ1n) is 5.16. The molecule has 0 aliphatic carbocycles. The number of halogens is 1. The first kappa shape index (κ1) is 13.8. The zero-order valence-corrected chi connectivity index (χ0v) is 12.5. The predicted molar refractivity (Wildman–Crippen MR) is 78.9 cm³/mol. The monoisotopic (exact) mass is 385 g/mol. The van der Waals surface area contributed by atoms with Gasteiger partial charge in [-0.25, -0.2) is 13.4 Å². The van der Waals surface area contributed by atoms with E-state index in [-0.39, 0.29) is 10.6 Å². The van der Waals surface area contributed by atoms with Gasteiger partial charge in [0, 0.05) is 15.5 Å². The molecular weight excluding hydrogens is 377 g/mol. The Morgan fingerprint density at radius 1 is 1.21 bits per heavy atom. The third kappa shape index (κ3) is 3.21. The van der Waals surface area contributed by atoms with Crippen LogP contribution in [0, 0.1) is 14.9 Å². The Morgan fingerprint density at radius 2 is 1.89 bits per heavy atom. The lowest BCUT2D eigenvalue weighted by atomic mass is 10.3. The first-order valence-corrected chi connectivity index (χ1v) is 7.72. The Hall–Kier alpha value is -1.66. The van der Waals surface area contributed by atoms with Crippen LogP contribution in [0.1, 0.15) is 5.69 Å². The number of nitriles is 1. The zero-order valence-electron chi connectivity index (χ0n) is 9.54. The lowest BCUT2D eigenvalue weighted by Gasteiger charge is -2.08. The molecule has 5 nitrogen and oxygen atoms in total. The van der Waals surface area contributed by atoms with Gasteiger partial charge in [0.25, 0.3) is 10.0 Å². The summed E-state index contributed by atoms with van der Waals surface area (Å²) >= 11 is 2.13. The molecular formula is C12H8IN3O2S. The average Bonchev–Trinajstić information content (AvgIpc) is 2.41. The van der Waals surface area contributed by atoms with Crippen LogP contribution in [0.5, 0.6) is 0 Å². The second kappa shape index (κ2) is 5.54. The number of hydrogen-bond acceptors (Lipinski definition) is 4. The van der Waals surface area contributed by atoms with Gasteiger partial charge in [-0.3, -0.25) is 4.72 Å². The molecule has 0 bridgehead atoms. The minimum atomic E-state index is -3.81. The van der Waals surface area contributed by atoms with Gasteiger partial charge in [0.05, 0.1) is 0 Å². The van der Waals surface area contributed by atoms with Gasteiger partial charge in [-0.15, -0.1) is 0 Å². The summed E-state index contributed by atoms with van der Waals surface area (Å²) in [6, 6.07) is 11.5. The number of anilines is 1. The summed E-state index contributed by atoms with van der Waals surface area (Å²) in [7, 11) is -3.81. The summed E-state index contributed by atoms with van der Waals surface area (Å²) in [6.07, 6.45) is 1.38. The molecule has 1 heterocycles. The number of aromatic nitrogens is 1. The van der Waals surface area contributed by atoms with E-state index >= 15 is 0 Å². The van der Waals surface area contributed by atoms with E-state index in [1.54, 1.807) is 30.3 Å². The van der Waals surface area contributed by atoms with Crippen molar-refractivity contribution >= 4 is 38.3 Å². The molecule has 1 aromatic heterocycles. The van der Waals surface area contributed by atoms with E-state index < -0.39 is 10.0 Å². The SMILES string of the molecule is N#Cc1ncccc1S(=O)(=O)Nc1ccc(I)cc1. The van der Waals surface area contributed by atoms with Gasteiger partial charge in [-0.05, 0) is 59.0 Å². The minimum Gasteiger partial charge on any atom is -0.280 e. The number of nitrogens with zero attached hydrogens (tertiary/aromatic N) is 2. The quantitative estimate of drug-likeness (QED) is 0.823. The third-order valence-corrected chi connectivity index (χ3v) is 4.39. The third-order valence-electron chi connectivity index (χ3n) is 2.26. The molecule has 1 aromatic carbocycles. The standard InChI is InChI=1S/C12H8IN3O2S/c13-9-3-5-10(6-4-9)16-19(17,18)12-2-1-7-15-11(12)8-14/h1-7,16H. The van der Waals surface area contributed by atoms with Gasteiger partial charge >= 0.3 is 0 Å². The summed E-state index contributed by atoms with van der Waals surface area (Å²) in [5, 5.41) is 8.88. The van der Waals surface area contributed by atoms with Crippen molar-refractivity contribution < 1.29 is 8.42 Å². The van der Waals surface area contributed by atoms with Crippen LogP contribution in [0.25, 0.3) is 0 Å². The number of rotatable bonds is 3. The summed E-state index contributed by atoms with van der Waals surface area (Å²) in [5.41, 5.74) is 0.314. The predicted octanol–water partition coefficient (Wildman–Crippen LogP) is 2.36. The lowest BCUT2D eigenvalue weighted by Crippen LogP contribution is -2.14. The molecule has 0 aliphatic heterocycles. The molecule has 0 saturated heterocycles. The fourth-order valence-corrected chi connectivity index (χ4v) is 2.95. The maximum atomic E-state index is 12.2. The smallest absolute Gasteiger partial charge is 0.264 e. The molecule has 0 fully saturated rings. The second-order valence-electron chi connectivity index (χ2n) is 3.57. The highest BCUT2D eigenvalue weighted by atomic mass is 127. The Labute approximate surface area is 124 Å². The van der Waals surface area contributed by atoms with Crippen LogP contribution in [0.2, 0.25) is 0 Å². The van der Waals surface area contributed by atoms with Crippen molar-refractivity contribution in [1.29, 1.82) is 5.26 Å². The van der Waals surface area contributed by atoms with E-state index in [0.717, 1.165) is 3.57 Å². The molecule has 0 aliphatic rings. The van der Waals surface area contributed by atoms with Gasteiger partial charge in [-0.2, -0.15) is 5.26 Å². The van der Waals surface area contributed by atoms with E-state index in [1.807, 2.05) is 0 Å². The number of sulfonamides is 1. The van der Waals surface area contributed by atoms with Crippen LogP contribution in [0.15, 0.2) is 47.5 Å². The molecule has 0 spiro atoms. The maximum Gasteiger partial charge on any atom is 0.264 e. The van der Waals surface area contributed by atoms with E-state index in [4.69, 9.17) is 5.26 Å². The van der Waals surface area contributed by atoms with Crippen molar-refractivity contribution in [2.24, 2.45) is 0 Å². The normalized spacial score (nSPS) is 10.7. The summed E-state index contributed by atoms with van der Waals surface area (Å²) in [5.74, 6) is 0. The van der Waals surface area contributed by atoms with Crippen LogP contribution < -0.4 is 4.72 Å². The van der Waals surface area contributed by atoms with E-state index in [0.29, 0.717) is 5.69 Å². The van der Waals surface area contributed by atoms with Crippen LogP contribution >= 0.6 is 22.6 Å². The van der Waals surface area contributed by atoms with Crippen molar-refractivity contribution in [2.45, 2.75) is 4.90 Å². The molecule has 1 N–H and O–H groups in total. The Kier molecular flexibility index (Phi) is 4.01. The summed E-state index contributed by atoms with van der Waals surface area (Å²) in [4.78, 5) is 3.61. The highest BCUT2D eigenvalue weighted by Gasteiger charge is 2.19. The Morgan fingerprint density at radius 3 is 2.53 bits per heavy atom. The molecule has 96 valence electrons. The van der Waals surface area contributed by atoms with E-state index in [2.05, 4.69) is 32.3 Å². The van der Waals surface area contributed by atoms with Gasteiger partial charge in [0.2, 0.25) is 0 Å². The van der Waals surface area contributed by atoms with Crippen molar-refractivity contribution in [3.63, 3.8) is 0 Å². The Balaban J connectivity index is 2.38. The Bertz CT molecular complexity index is 736. The number of pyridine rings is 1. The maximum absolute atomic E-state index is 12.2. The van der Waals surface area contributed by atoms with Crippen molar-refractivity contribution in [1.82, 2.24) is 4.98 Å². The second-order valence-corrected chi connectivity index (χ2v) is 6.47. The van der Waals surface area contributed by atoms with Gasteiger partial charge in [0.1, 0.15) is 11.0 Å². The molecule has 7 heteroatoms. The topological polar surface area (TPSA) is 82.8 Å². The summed E-state index contributed by atoms with van der Waals surface area (Å²) in [6.45, 7) is 0. The van der Waals surface area contributed by atoms with Gasteiger partial charge in [0.15, 0.2) is 5.69 Å². The van der Waals surface area contributed by atoms with E-state index in [9.17, 15) is 8.42 Å². The average molecular weight is 385 g/mol. The lowest BCUT2D eigenvalue weighted by molar-refractivity contribution is 0.600. The number of benzene rings is 1. The van der Waals surface area contributed by atoms with Crippen LogP contribution in [0.3, 0.4) is 0 Å². The van der Waals surface area contributed by atoms with Crippen LogP contribution in [0.4, 0.5) is 5.69 Å². The van der Waals surface area contributed by atoms with E-state index in [1.165, 1.54) is 18.3 Å².